The summed E-state index contributed by atoms with van der Waals surface area (Å²) in [5, 5.41) is 2.11. The SMILES string of the molecule is CCCCN1NC(C)=C(C(=O)OC)C1Cc1ccc(-c2ccccc2S(=O)(=O)NC(C)(C)C)cc1. The van der Waals surface area contributed by atoms with Crippen LogP contribution in [0, 0.1) is 0 Å². The van der Waals surface area contributed by atoms with Gasteiger partial charge in [0.05, 0.1) is 23.6 Å². The van der Waals surface area contributed by atoms with E-state index in [2.05, 4.69) is 22.1 Å². The van der Waals surface area contributed by atoms with Crippen LogP contribution in [0.4, 0.5) is 0 Å². The van der Waals surface area contributed by atoms with Crippen molar-refractivity contribution in [2.24, 2.45) is 0 Å². The molecular weight excluding hydrogens is 462 g/mol. The summed E-state index contributed by atoms with van der Waals surface area (Å²) in [7, 11) is -2.28. The van der Waals surface area contributed by atoms with Crippen molar-refractivity contribution in [3.8, 4) is 11.1 Å². The fourth-order valence-corrected chi connectivity index (χ4v) is 6.00. The highest BCUT2D eigenvalue weighted by Gasteiger charge is 2.35. The quantitative estimate of drug-likeness (QED) is 0.497. The molecule has 0 saturated carbocycles. The van der Waals surface area contributed by atoms with Gasteiger partial charge in [-0.25, -0.2) is 22.9 Å². The molecule has 1 heterocycles. The van der Waals surface area contributed by atoms with E-state index in [1.54, 1.807) is 12.1 Å². The number of unbranched alkanes of at least 4 members (excludes halogenated alkanes) is 1. The first-order valence-electron chi connectivity index (χ1n) is 12.0. The Labute approximate surface area is 209 Å². The van der Waals surface area contributed by atoms with Crippen LogP contribution in [0.1, 0.15) is 53.0 Å². The molecule has 0 bridgehead atoms. The van der Waals surface area contributed by atoms with Crippen molar-refractivity contribution in [2.45, 2.75) is 70.4 Å². The molecule has 0 fully saturated rings. The third-order valence-electron chi connectivity index (χ3n) is 5.89. The van der Waals surface area contributed by atoms with Crippen LogP contribution in [0.15, 0.2) is 64.7 Å². The van der Waals surface area contributed by atoms with Crippen molar-refractivity contribution in [1.29, 1.82) is 0 Å². The molecule has 7 nitrogen and oxygen atoms in total. The number of carbonyl (C=O) groups is 1. The predicted octanol–water partition coefficient (Wildman–Crippen LogP) is 4.41. The standard InChI is InChI=1S/C27H37N3O4S/c1-7-8-17-30-23(25(19(2)28-30)26(31)34-6)18-20-13-15-21(16-14-20)22-11-9-10-12-24(22)35(32,33)29-27(3,4)5/h9-16,23,28-29H,7-8,17-18H2,1-6H3. The van der Waals surface area contributed by atoms with E-state index in [9.17, 15) is 13.2 Å². The number of rotatable bonds is 9. The molecule has 0 aromatic heterocycles. The van der Waals surface area contributed by atoms with Crippen LogP contribution >= 0.6 is 0 Å². The Morgan fingerprint density at radius 3 is 2.37 bits per heavy atom. The molecule has 8 heteroatoms. The number of hydrazine groups is 1. The monoisotopic (exact) mass is 499 g/mol. The minimum absolute atomic E-state index is 0.136. The van der Waals surface area contributed by atoms with E-state index in [0.29, 0.717) is 17.6 Å². The van der Waals surface area contributed by atoms with Crippen molar-refractivity contribution < 1.29 is 17.9 Å². The summed E-state index contributed by atoms with van der Waals surface area (Å²) in [5.74, 6) is -0.318. The lowest BCUT2D eigenvalue weighted by Crippen LogP contribution is -2.42. The van der Waals surface area contributed by atoms with Crippen molar-refractivity contribution in [2.75, 3.05) is 13.7 Å². The lowest BCUT2D eigenvalue weighted by Gasteiger charge is -2.26. The number of nitrogens with zero attached hydrogens (tertiary/aromatic N) is 1. The van der Waals surface area contributed by atoms with Gasteiger partial charge >= 0.3 is 5.97 Å². The van der Waals surface area contributed by atoms with Gasteiger partial charge in [0.15, 0.2) is 0 Å². The van der Waals surface area contributed by atoms with Crippen molar-refractivity contribution in [3.05, 3.63) is 65.4 Å². The van der Waals surface area contributed by atoms with Gasteiger partial charge in [0.25, 0.3) is 0 Å². The average molecular weight is 500 g/mol. The molecule has 0 radical (unpaired) electrons. The summed E-state index contributed by atoms with van der Waals surface area (Å²) in [6.07, 6.45) is 2.70. The van der Waals surface area contributed by atoms with Crippen LogP contribution < -0.4 is 10.1 Å². The number of sulfonamides is 1. The molecule has 0 amide bonds. The summed E-state index contributed by atoms with van der Waals surface area (Å²) < 4.78 is 33.9. The Kier molecular flexibility index (Phi) is 8.41. The maximum atomic E-state index is 13.0. The summed E-state index contributed by atoms with van der Waals surface area (Å²) in [4.78, 5) is 12.8. The fraction of sp³-hybridized carbons (Fsp3) is 0.444. The molecule has 35 heavy (non-hydrogen) atoms. The molecule has 1 aliphatic rings. The van der Waals surface area contributed by atoms with E-state index in [1.165, 1.54) is 7.11 Å². The van der Waals surface area contributed by atoms with Gasteiger partial charge in [0.1, 0.15) is 0 Å². The predicted molar refractivity (Wildman–Crippen MR) is 139 cm³/mol. The smallest absolute Gasteiger partial charge is 0.337 e. The molecule has 1 aliphatic heterocycles. The molecular formula is C27H37N3O4S. The largest absolute Gasteiger partial charge is 0.466 e. The highest BCUT2D eigenvalue weighted by atomic mass is 32.2. The third kappa shape index (κ3) is 6.51. The number of hydrogen-bond donors (Lipinski definition) is 2. The number of hydrogen-bond acceptors (Lipinski definition) is 6. The first-order valence-corrected chi connectivity index (χ1v) is 13.5. The van der Waals surface area contributed by atoms with Crippen LogP contribution in [-0.2, 0) is 26.0 Å². The normalized spacial score (nSPS) is 16.9. The second-order valence-electron chi connectivity index (χ2n) is 9.96. The number of ether oxygens (including phenoxy) is 1. The molecule has 190 valence electrons. The first kappa shape index (κ1) is 26.9. The van der Waals surface area contributed by atoms with Crippen molar-refractivity contribution in [1.82, 2.24) is 15.2 Å². The highest BCUT2D eigenvalue weighted by Crippen LogP contribution is 2.30. The molecule has 2 aromatic rings. The van der Waals surface area contributed by atoms with Crippen molar-refractivity contribution >= 4 is 16.0 Å². The number of esters is 1. The van der Waals surface area contributed by atoms with Gasteiger partial charge in [-0.3, -0.25) is 0 Å². The van der Waals surface area contributed by atoms with E-state index in [-0.39, 0.29) is 16.9 Å². The summed E-state index contributed by atoms with van der Waals surface area (Å²) in [6.45, 7) is 10.3. The molecule has 2 aromatic carbocycles. The van der Waals surface area contributed by atoms with Crippen molar-refractivity contribution in [3.63, 3.8) is 0 Å². The van der Waals surface area contributed by atoms with Gasteiger partial charge in [0.2, 0.25) is 10.0 Å². The summed E-state index contributed by atoms with van der Waals surface area (Å²) in [6, 6.07) is 14.8. The fourth-order valence-electron chi connectivity index (χ4n) is 4.35. The minimum Gasteiger partial charge on any atom is -0.466 e. The minimum atomic E-state index is -3.69. The molecule has 0 spiro atoms. The number of carbonyl (C=O) groups excluding carboxylic acids is 1. The molecule has 3 rings (SSSR count). The highest BCUT2D eigenvalue weighted by molar-refractivity contribution is 7.89. The third-order valence-corrected chi connectivity index (χ3v) is 7.71. The number of nitrogens with one attached hydrogen (secondary N) is 2. The van der Waals surface area contributed by atoms with Crippen LogP contribution in [0.3, 0.4) is 0 Å². The lowest BCUT2D eigenvalue weighted by atomic mass is 9.96. The van der Waals surface area contributed by atoms with Gasteiger partial charge in [-0.1, -0.05) is 55.8 Å². The van der Waals surface area contributed by atoms with Gasteiger partial charge in [-0.15, -0.1) is 0 Å². The Balaban J connectivity index is 1.89. The van der Waals surface area contributed by atoms with Crippen LogP contribution in [-0.4, -0.2) is 44.6 Å². The Hall–Kier alpha value is -2.68. The first-order chi connectivity index (χ1) is 16.5. The summed E-state index contributed by atoms with van der Waals surface area (Å²) >= 11 is 0. The second-order valence-corrected chi connectivity index (χ2v) is 11.6. The van der Waals surface area contributed by atoms with E-state index < -0.39 is 15.6 Å². The average Bonchev–Trinajstić information content (AvgIpc) is 3.10. The van der Waals surface area contributed by atoms with Gasteiger partial charge < -0.3 is 10.2 Å². The Morgan fingerprint density at radius 2 is 1.77 bits per heavy atom. The van der Waals surface area contributed by atoms with Gasteiger partial charge in [-0.05, 0) is 57.7 Å². The van der Waals surface area contributed by atoms with Crippen LogP contribution in [0.5, 0.6) is 0 Å². The lowest BCUT2D eigenvalue weighted by molar-refractivity contribution is -0.136. The summed E-state index contributed by atoms with van der Waals surface area (Å²) in [5.41, 5.74) is 6.74. The second kappa shape index (κ2) is 10.9. The van der Waals surface area contributed by atoms with E-state index in [1.807, 2.05) is 64.1 Å². The Morgan fingerprint density at radius 1 is 1.11 bits per heavy atom. The number of benzene rings is 2. The van der Waals surface area contributed by atoms with Crippen LogP contribution in [0.25, 0.3) is 11.1 Å². The number of methoxy groups -OCH3 is 1. The van der Waals surface area contributed by atoms with E-state index >= 15 is 0 Å². The number of allylic oxidation sites excluding steroid dienone is 1. The molecule has 1 atom stereocenters. The Bertz CT molecular complexity index is 1180. The zero-order chi connectivity index (χ0) is 25.8. The van der Waals surface area contributed by atoms with E-state index in [0.717, 1.165) is 36.2 Å². The van der Waals surface area contributed by atoms with Gasteiger partial charge in [0, 0.05) is 23.3 Å². The molecule has 0 aliphatic carbocycles. The maximum Gasteiger partial charge on any atom is 0.337 e. The van der Waals surface area contributed by atoms with Gasteiger partial charge in [-0.2, -0.15) is 0 Å². The molecule has 2 N–H and O–H groups in total. The maximum absolute atomic E-state index is 13.0. The topological polar surface area (TPSA) is 87.7 Å². The zero-order valence-electron chi connectivity index (χ0n) is 21.5. The van der Waals surface area contributed by atoms with Crippen LogP contribution in [0.2, 0.25) is 0 Å². The zero-order valence-corrected chi connectivity index (χ0v) is 22.3. The van der Waals surface area contributed by atoms with E-state index in [4.69, 9.17) is 4.74 Å². The molecule has 0 saturated heterocycles. The molecule has 1 unspecified atom stereocenters.